The van der Waals surface area contributed by atoms with E-state index in [2.05, 4.69) is 24.3 Å². The van der Waals surface area contributed by atoms with E-state index in [1.165, 1.54) is 6.92 Å². The lowest BCUT2D eigenvalue weighted by molar-refractivity contribution is -0.166. The van der Waals surface area contributed by atoms with Gasteiger partial charge in [0.05, 0.1) is 20.1 Å². The van der Waals surface area contributed by atoms with Crippen LogP contribution in [0, 0.1) is 23.2 Å². The highest BCUT2D eigenvalue weighted by Crippen LogP contribution is 2.60. The molecule has 4 aliphatic carbocycles. The lowest BCUT2D eigenvalue weighted by atomic mass is 9.49. The number of hydrogen-bond donors (Lipinski definition) is 2. The molecule has 0 aromatic heterocycles. The molecular formula is C42H48O8. The molecule has 8 nitrogen and oxygen atoms in total. The first-order chi connectivity index (χ1) is 24.2. The fourth-order valence-corrected chi connectivity index (χ4v) is 9.75. The monoisotopic (exact) mass is 680 g/mol. The van der Waals surface area contributed by atoms with E-state index < -0.39 is 17.6 Å². The minimum Gasteiger partial charge on any atom is -0.504 e. The van der Waals surface area contributed by atoms with Gasteiger partial charge in [-0.1, -0.05) is 55.3 Å². The van der Waals surface area contributed by atoms with Gasteiger partial charge in [0.2, 0.25) is 0 Å². The standard InChI is InChI=1S/C42H48O8/c1-25(43)49-38-22-31(50-41(46)27-11-7-8-12-27)21-33-32-23-40(48-3)36(44)18-28(32)13-14-34(33)42(16-15-26-9-5-4-6-10-26)24-30-19-37(45)39(47-2)20-29(30)17-35(38)42/h4-6,9-10,15-16,18-20,23,27,31,33-35,38,44-45H,7-8,11-14,17,21-22,24H2,1-3H3. The lowest BCUT2D eigenvalue weighted by Gasteiger charge is -2.56. The van der Waals surface area contributed by atoms with E-state index in [4.69, 9.17) is 18.9 Å². The number of benzene rings is 3. The van der Waals surface area contributed by atoms with Crippen LogP contribution in [-0.4, -0.2) is 48.6 Å². The summed E-state index contributed by atoms with van der Waals surface area (Å²) in [5.41, 5.74) is 4.80. The van der Waals surface area contributed by atoms with Crippen LogP contribution in [0.25, 0.3) is 6.08 Å². The van der Waals surface area contributed by atoms with Crippen LogP contribution in [0.3, 0.4) is 0 Å². The maximum Gasteiger partial charge on any atom is 0.309 e. The first-order valence-corrected chi connectivity index (χ1v) is 18.1. The Balaban J connectivity index is 1.43. The van der Waals surface area contributed by atoms with Crippen LogP contribution in [-0.2, 0) is 38.3 Å². The van der Waals surface area contributed by atoms with Crippen molar-refractivity contribution in [3.8, 4) is 23.0 Å². The first-order valence-electron chi connectivity index (χ1n) is 18.1. The maximum atomic E-state index is 13.6. The van der Waals surface area contributed by atoms with Gasteiger partial charge in [-0.2, -0.15) is 0 Å². The van der Waals surface area contributed by atoms with Gasteiger partial charge in [-0.25, -0.2) is 0 Å². The Morgan fingerprint density at radius 3 is 2.22 bits per heavy atom. The molecule has 2 N–H and O–H groups in total. The van der Waals surface area contributed by atoms with Gasteiger partial charge in [-0.05, 0) is 109 Å². The molecule has 0 aliphatic heterocycles. The summed E-state index contributed by atoms with van der Waals surface area (Å²) in [5, 5.41) is 21.8. The van der Waals surface area contributed by atoms with Crippen LogP contribution in [0.15, 0.2) is 60.7 Å². The van der Waals surface area contributed by atoms with Crippen molar-refractivity contribution in [2.24, 2.45) is 23.2 Å². The normalized spacial score (nSPS) is 27.5. The number of esters is 2. The Bertz CT molecular complexity index is 1760. The summed E-state index contributed by atoms with van der Waals surface area (Å²) in [6, 6.07) is 17.8. The van der Waals surface area contributed by atoms with Gasteiger partial charge in [-0.15, -0.1) is 0 Å². The molecule has 8 heteroatoms. The Morgan fingerprint density at radius 2 is 1.52 bits per heavy atom. The number of hydrogen-bond acceptors (Lipinski definition) is 8. The molecule has 3 aromatic rings. The average molecular weight is 681 g/mol. The zero-order chi connectivity index (χ0) is 35.0. The van der Waals surface area contributed by atoms with E-state index in [1.54, 1.807) is 14.2 Å². The van der Waals surface area contributed by atoms with E-state index >= 15 is 0 Å². The van der Waals surface area contributed by atoms with Crippen LogP contribution >= 0.6 is 0 Å². The van der Waals surface area contributed by atoms with Crippen molar-refractivity contribution in [3.63, 3.8) is 0 Å². The zero-order valence-electron chi connectivity index (χ0n) is 29.2. The van der Waals surface area contributed by atoms with E-state index in [-0.39, 0.29) is 47.1 Å². The van der Waals surface area contributed by atoms with Crippen molar-refractivity contribution in [3.05, 3.63) is 88.5 Å². The quantitative estimate of drug-likeness (QED) is 0.244. The lowest BCUT2D eigenvalue weighted by Crippen LogP contribution is -2.54. The number of ether oxygens (including phenoxy) is 4. The van der Waals surface area contributed by atoms with Gasteiger partial charge < -0.3 is 29.2 Å². The number of carbonyl (C=O) groups excluding carboxylic acids is 2. The first kappa shape index (κ1) is 34.0. The summed E-state index contributed by atoms with van der Waals surface area (Å²) < 4.78 is 23.9. The third-order valence-corrected chi connectivity index (χ3v) is 12.0. The molecule has 0 spiro atoms. The average Bonchev–Trinajstić information content (AvgIpc) is 3.65. The smallest absolute Gasteiger partial charge is 0.309 e. The highest BCUT2D eigenvalue weighted by molar-refractivity contribution is 5.73. The number of rotatable bonds is 7. The van der Waals surface area contributed by atoms with Crippen molar-refractivity contribution in [1.82, 2.24) is 0 Å². The number of carbonyl (C=O) groups is 2. The Morgan fingerprint density at radius 1 is 0.820 bits per heavy atom. The summed E-state index contributed by atoms with van der Waals surface area (Å²) in [6.45, 7) is 1.45. The second-order valence-corrected chi connectivity index (χ2v) is 14.8. The van der Waals surface area contributed by atoms with Crippen LogP contribution in [0.4, 0.5) is 0 Å². The minimum absolute atomic E-state index is 0.0395. The van der Waals surface area contributed by atoms with Crippen LogP contribution in [0.2, 0.25) is 0 Å². The van der Waals surface area contributed by atoms with E-state index in [9.17, 15) is 19.8 Å². The van der Waals surface area contributed by atoms with E-state index in [0.29, 0.717) is 37.2 Å². The van der Waals surface area contributed by atoms with Crippen molar-refractivity contribution in [2.45, 2.75) is 89.3 Å². The highest BCUT2D eigenvalue weighted by atomic mass is 16.6. The number of methoxy groups -OCH3 is 2. The van der Waals surface area contributed by atoms with Gasteiger partial charge in [0.15, 0.2) is 23.0 Å². The third kappa shape index (κ3) is 6.45. The molecule has 0 amide bonds. The highest BCUT2D eigenvalue weighted by Gasteiger charge is 2.56. The third-order valence-electron chi connectivity index (χ3n) is 12.0. The molecule has 0 saturated heterocycles. The number of allylic oxidation sites excluding steroid dienone is 1. The molecule has 6 unspecified atom stereocenters. The molecular weight excluding hydrogens is 632 g/mol. The van der Waals surface area contributed by atoms with Gasteiger partial charge >= 0.3 is 11.9 Å². The van der Waals surface area contributed by atoms with Gasteiger partial charge in [0.1, 0.15) is 12.2 Å². The minimum atomic E-state index is -0.529. The van der Waals surface area contributed by atoms with Crippen molar-refractivity contribution in [1.29, 1.82) is 0 Å². The zero-order valence-corrected chi connectivity index (χ0v) is 29.2. The summed E-state index contributed by atoms with van der Waals surface area (Å²) >= 11 is 0. The predicted octanol–water partition coefficient (Wildman–Crippen LogP) is 7.70. The van der Waals surface area contributed by atoms with Gasteiger partial charge in [0, 0.05) is 24.7 Å². The molecule has 4 aliphatic rings. The van der Waals surface area contributed by atoms with Crippen LogP contribution < -0.4 is 9.47 Å². The largest absolute Gasteiger partial charge is 0.504 e. The number of aromatic hydroxyl groups is 2. The summed E-state index contributed by atoms with van der Waals surface area (Å²) in [6.07, 6.45) is 10.9. The number of phenols is 2. The summed E-state index contributed by atoms with van der Waals surface area (Å²) in [5.74, 6) is 0.226. The maximum absolute atomic E-state index is 13.6. The molecule has 0 heterocycles. The Hall–Kier alpha value is -4.46. The summed E-state index contributed by atoms with van der Waals surface area (Å²) in [4.78, 5) is 26.5. The molecule has 2 saturated carbocycles. The van der Waals surface area contributed by atoms with Gasteiger partial charge in [-0.3, -0.25) is 9.59 Å². The van der Waals surface area contributed by atoms with Crippen molar-refractivity contribution in [2.75, 3.05) is 14.2 Å². The molecule has 7 rings (SSSR count). The molecule has 0 bridgehead atoms. The van der Waals surface area contributed by atoms with Crippen LogP contribution in [0.5, 0.6) is 23.0 Å². The number of fused-ring (bicyclic) bond motifs is 6. The van der Waals surface area contributed by atoms with Crippen LogP contribution in [0.1, 0.15) is 85.6 Å². The van der Waals surface area contributed by atoms with Crippen molar-refractivity contribution < 1.29 is 38.7 Å². The number of phenolic OH excluding ortho intramolecular Hbond substituents is 2. The molecule has 6 atom stereocenters. The Kier molecular flexibility index (Phi) is 9.55. The van der Waals surface area contributed by atoms with E-state index in [1.807, 2.05) is 42.5 Å². The molecule has 2 fully saturated rings. The number of aryl methyl sites for hydroxylation is 1. The predicted molar refractivity (Wildman–Crippen MR) is 189 cm³/mol. The van der Waals surface area contributed by atoms with Gasteiger partial charge in [0.25, 0.3) is 0 Å². The molecule has 0 radical (unpaired) electrons. The van der Waals surface area contributed by atoms with E-state index in [0.717, 1.165) is 66.3 Å². The van der Waals surface area contributed by atoms with Crippen molar-refractivity contribution >= 4 is 18.0 Å². The molecule has 50 heavy (non-hydrogen) atoms. The molecule has 3 aromatic carbocycles. The second-order valence-electron chi connectivity index (χ2n) is 14.8. The Labute approximate surface area is 294 Å². The summed E-state index contributed by atoms with van der Waals surface area (Å²) in [7, 11) is 3.11. The topological polar surface area (TPSA) is 112 Å². The fraction of sp³-hybridized carbons (Fsp3) is 0.476. The molecule has 264 valence electrons. The fourth-order valence-electron chi connectivity index (χ4n) is 9.75. The SMILES string of the molecule is COc1cc2c(cc1O)CC1(C=Cc3ccccc3)C(C2)C(OC(C)=O)CC(OC(=O)C2CCCC2)CC2c3cc(OC)c(O)cc3CCC21. The second kappa shape index (κ2) is 14.0.